The smallest absolute Gasteiger partial charge is 0.241 e. The number of nitro groups is 1. The van der Waals surface area contributed by atoms with Crippen LogP contribution in [0, 0.1) is 10.1 Å². The van der Waals surface area contributed by atoms with Crippen molar-refractivity contribution in [1.29, 1.82) is 0 Å². The molecule has 0 saturated carbocycles. The molecule has 110 valence electrons. The summed E-state index contributed by atoms with van der Waals surface area (Å²) >= 11 is 0. The van der Waals surface area contributed by atoms with Crippen LogP contribution in [0.5, 0.6) is 0 Å². The van der Waals surface area contributed by atoms with Crippen molar-refractivity contribution in [3.63, 3.8) is 0 Å². The lowest BCUT2D eigenvalue weighted by molar-refractivity contribution is -0.569. The predicted octanol–water partition coefficient (Wildman–Crippen LogP) is 3.03. The highest BCUT2D eigenvalue weighted by atomic mass is 32.2. The van der Waals surface area contributed by atoms with Crippen molar-refractivity contribution in [1.82, 2.24) is 0 Å². The molecule has 6 heteroatoms. The molecular weight excluding hydrogens is 290 g/mol. The molecule has 2 aromatic rings. The summed E-state index contributed by atoms with van der Waals surface area (Å²) < 4.78 is 24.8. The third kappa shape index (κ3) is 2.80. The van der Waals surface area contributed by atoms with Crippen LogP contribution in [0.3, 0.4) is 0 Å². The van der Waals surface area contributed by atoms with E-state index in [1.165, 1.54) is 50.2 Å². The highest BCUT2D eigenvalue weighted by Gasteiger charge is 2.33. The Labute approximate surface area is 123 Å². The van der Waals surface area contributed by atoms with E-state index >= 15 is 0 Å². The Morgan fingerprint density at radius 3 is 1.86 bits per heavy atom. The van der Waals surface area contributed by atoms with Crippen LogP contribution in [-0.2, 0) is 15.4 Å². The van der Waals surface area contributed by atoms with Gasteiger partial charge in [0.25, 0.3) is 0 Å². The van der Waals surface area contributed by atoms with Gasteiger partial charge in [0.2, 0.25) is 15.4 Å². The van der Waals surface area contributed by atoms with Crippen LogP contribution in [0.1, 0.15) is 19.4 Å². The van der Waals surface area contributed by atoms with Crippen molar-refractivity contribution in [3.8, 4) is 0 Å². The summed E-state index contributed by atoms with van der Waals surface area (Å²) in [6.45, 7) is 2.96. The monoisotopic (exact) mass is 305 g/mol. The molecular formula is C15H15NO4S. The van der Waals surface area contributed by atoms with Crippen LogP contribution in [-0.4, -0.2) is 13.3 Å². The second kappa shape index (κ2) is 5.29. The standard InChI is InChI=1S/C15H15NO4S/c1-15(2,16(17)18)12-8-10-14(11-9-12)21(19,20)13-6-4-3-5-7-13/h3-11H,1-2H3. The molecule has 0 aliphatic carbocycles. The Morgan fingerprint density at radius 2 is 1.38 bits per heavy atom. The van der Waals surface area contributed by atoms with Crippen LogP contribution >= 0.6 is 0 Å². The minimum atomic E-state index is -3.59. The van der Waals surface area contributed by atoms with Gasteiger partial charge in [0.05, 0.1) is 9.79 Å². The number of hydrogen-bond donors (Lipinski definition) is 0. The Bertz CT molecular complexity index is 750. The van der Waals surface area contributed by atoms with E-state index in [4.69, 9.17) is 0 Å². The molecule has 0 aliphatic rings. The first kappa shape index (κ1) is 15.2. The van der Waals surface area contributed by atoms with Gasteiger partial charge in [-0.25, -0.2) is 8.42 Å². The van der Waals surface area contributed by atoms with Gasteiger partial charge in [-0.2, -0.15) is 0 Å². The average Bonchev–Trinajstić information content (AvgIpc) is 2.48. The molecule has 0 amide bonds. The number of benzene rings is 2. The largest absolute Gasteiger partial charge is 0.264 e. The molecule has 0 aromatic heterocycles. The van der Waals surface area contributed by atoms with Crippen molar-refractivity contribution in [2.75, 3.05) is 0 Å². The highest BCUT2D eigenvalue weighted by molar-refractivity contribution is 7.91. The summed E-state index contributed by atoms with van der Waals surface area (Å²) in [5.74, 6) is 0. The molecule has 2 rings (SSSR count). The first-order valence-electron chi connectivity index (χ1n) is 6.31. The molecule has 0 radical (unpaired) electrons. The SMILES string of the molecule is CC(C)(c1ccc(S(=O)(=O)c2ccccc2)cc1)[N+](=O)[O-]. The maximum atomic E-state index is 12.4. The van der Waals surface area contributed by atoms with Crippen molar-refractivity contribution < 1.29 is 13.3 Å². The zero-order valence-corrected chi connectivity index (χ0v) is 12.5. The van der Waals surface area contributed by atoms with Crippen LogP contribution in [0.4, 0.5) is 0 Å². The Hall–Kier alpha value is -2.21. The molecule has 0 saturated heterocycles. The van der Waals surface area contributed by atoms with Gasteiger partial charge in [0, 0.05) is 24.3 Å². The summed E-state index contributed by atoms with van der Waals surface area (Å²) in [6, 6.07) is 13.9. The molecule has 21 heavy (non-hydrogen) atoms. The van der Waals surface area contributed by atoms with Gasteiger partial charge in [-0.05, 0) is 24.3 Å². The van der Waals surface area contributed by atoms with Crippen LogP contribution < -0.4 is 0 Å². The van der Waals surface area contributed by atoms with Crippen molar-refractivity contribution in [3.05, 3.63) is 70.3 Å². The summed E-state index contributed by atoms with van der Waals surface area (Å²) in [5, 5.41) is 11.0. The van der Waals surface area contributed by atoms with E-state index in [9.17, 15) is 18.5 Å². The predicted molar refractivity (Wildman–Crippen MR) is 78.4 cm³/mol. The zero-order chi connectivity index (χ0) is 15.7. The first-order valence-corrected chi connectivity index (χ1v) is 7.80. The third-order valence-corrected chi connectivity index (χ3v) is 5.17. The van der Waals surface area contributed by atoms with Gasteiger partial charge in [0.15, 0.2) is 0 Å². The lowest BCUT2D eigenvalue weighted by Crippen LogP contribution is -2.27. The first-order chi connectivity index (χ1) is 9.76. The summed E-state index contributed by atoms with van der Waals surface area (Å²) in [5.41, 5.74) is -0.797. The van der Waals surface area contributed by atoms with Gasteiger partial charge in [0.1, 0.15) is 0 Å². The topological polar surface area (TPSA) is 77.3 Å². The quantitative estimate of drug-likeness (QED) is 0.642. The average molecular weight is 305 g/mol. The fourth-order valence-electron chi connectivity index (χ4n) is 1.88. The molecule has 0 unspecified atom stereocenters. The fourth-order valence-corrected chi connectivity index (χ4v) is 3.17. The van der Waals surface area contributed by atoms with E-state index in [0.717, 1.165) is 0 Å². The van der Waals surface area contributed by atoms with Gasteiger partial charge in [-0.15, -0.1) is 0 Å². The summed E-state index contributed by atoms with van der Waals surface area (Å²) in [6.07, 6.45) is 0. The Kier molecular flexibility index (Phi) is 3.82. The lowest BCUT2D eigenvalue weighted by atomic mass is 9.95. The maximum Gasteiger partial charge on any atom is 0.241 e. The number of nitrogens with zero attached hydrogens (tertiary/aromatic N) is 1. The molecule has 0 fully saturated rings. The van der Waals surface area contributed by atoms with Gasteiger partial charge in [-0.3, -0.25) is 10.1 Å². The molecule has 0 bridgehead atoms. The normalized spacial score (nSPS) is 12.1. The Morgan fingerprint density at radius 1 is 0.905 bits per heavy atom. The van der Waals surface area contributed by atoms with Gasteiger partial charge in [-0.1, -0.05) is 30.3 Å². The molecule has 2 aromatic carbocycles. The second-order valence-electron chi connectivity index (χ2n) is 5.16. The highest BCUT2D eigenvalue weighted by Crippen LogP contribution is 2.27. The fraction of sp³-hybridized carbons (Fsp3) is 0.200. The van der Waals surface area contributed by atoms with Gasteiger partial charge < -0.3 is 0 Å². The van der Waals surface area contributed by atoms with E-state index in [1.54, 1.807) is 18.2 Å². The zero-order valence-electron chi connectivity index (χ0n) is 11.7. The molecule has 0 atom stereocenters. The molecule has 0 heterocycles. The molecule has 5 nitrogen and oxygen atoms in total. The van der Waals surface area contributed by atoms with Crippen LogP contribution in [0.15, 0.2) is 64.4 Å². The van der Waals surface area contributed by atoms with E-state index in [0.29, 0.717) is 5.56 Å². The van der Waals surface area contributed by atoms with Crippen molar-refractivity contribution >= 4 is 9.84 Å². The molecule has 0 N–H and O–H groups in total. The lowest BCUT2D eigenvalue weighted by Gasteiger charge is -2.16. The van der Waals surface area contributed by atoms with Crippen molar-refractivity contribution in [2.24, 2.45) is 0 Å². The Balaban J connectivity index is 2.43. The van der Waals surface area contributed by atoms with Crippen LogP contribution in [0.25, 0.3) is 0 Å². The van der Waals surface area contributed by atoms with E-state index in [2.05, 4.69) is 0 Å². The van der Waals surface area contributed by atoms with E-state index in [-0.39, 0.29) is 9.79 Å². The van der Waals surface area contributed by atoms with E-state index < -0.39 is 20.3 Å². The number of hydrogen-bond acceptors (Lipinski definition) is 4. The van der Waals surface area contributed by atoms with E-state index in [1.807, 2.05) is 0 Å². The molecule has 0 spiro atoms. The van der Waals surface area contributed by atoms with Crippen molar-refractivity contribution in [2.45, 2.75) is 29.2 Å². The number of rotatable bonds is 4. The summed E-state index contributed by atoms with van der Waals surface area (Å²) in [7, 11) is -3.59. The minimum Gasteiger partial charge on any atom is -0.264 e. The second-order valence-corrected chi connectivity index (χ2v) is 7.11. The van der Waals surface area contributed by atoms with Crippen LogP contribution in [0.2, 0.25) is 0 Å². The minimum absolute atomic E-state index is 0.122. The number of sulfone groups is 1. The maximum absolute atomic E-state index is 12.4. The molecule has 0 aliphatic heterocycles. The third-order valence-electron chi connectivity index (χ3n) is 3.38. The summed E-state index contributed by atoms with van der Waals surface area (Å²) in [4.78, 5) is 10.9. The van der Waals surface area contributed by atoms with Gasteiger partial charge >= 0.3 is 0 Å².